The molecule has 7 nitrogen and oxygen atoms in total. The second kappa shape index (κ2) is 3.28. The molecule has 12 heavy (non-hydrogen) atoms. The van der Waals surface area contributed by atoms with Crippen LogP contribution in [0.15, 0.2) is 6.07 Å². The van der Waals surface area contributed by atoms with E-state index in [0.717, 1.165) is 0 Å². The van der Waals surface area contributed by atoms with Gasteiger partial charge < -0.3 is 21.0 Å². The number of aliphatic hydroxyl groups excluding tert-OH is 1. The molecule has 0 aliphatic carbocycles. The molecular formula is C5H8N4O3. The number of aromatic nitrogens is 2. The number of nitrogens with two attached hydrogens (primary N) is 1. The summed E-state index contributed by atoms with van der Waals surface area (Å²) in [4.78, 5) is 9.55. The van der Waals surface area contributed by atoms with Crippen LogP contribution in [0, 0.1) is 10.1 Å². The van der Waals surface area contributed by atoms with Gasteiger partial charge in [0.25, 0.3) is 0 Å². The predicted octanol–water partition coefficient (Wildman–Crippen LogP) is -0.690. The Kier molecular flexibility index (Phi) is 2.36. The van der Waals surface area contributed by atoms with Gasteiger partial charge in [-0.2, -0.15) is 0 Å². The lowest BCUT2D eigenvalue weighted by Gasteiger charge is -1.99. The van der Waals surface area contributed by atoms with Crippen LogP contribution in [0.2, 0.25) is 0 Å². The monoisotopic (exact) mass is 172 g/mol. The molecule has 1 rings (SSSR count). The Labute approximate surface area is 67.3 Å². The number of H-pyrrole nitrogens is 1. The van der Waals surface area contributed by atoms with Gasteiger partial charge in [-0.15, -0.1) is 5.10 Å². The molecule has 0 amide bonds. The third-order valence-corrected chi connectivity index (χ3v) is 1.36. The number of nitro groups is 1. The lowest BCUT2D eigenvalue weighted by Crippen LogP contribution is -2.14. The number of aromatic amines is 1. The molecule has 0 aliphatic heterocycles. The third-order valence-electron chi connectivity index (χ3n) is 1.36. The molecule has 0 saturated heterocycles. The van der Waals surface area contributed by atoms with Crippen molar-refractivity contribution >= 4 is 5.82 Å². The fourth-order valence-electron chi connectivity index (χ4n) is 0.703. The normalized spacial score (nSPS) is 12.8. The van der Waals surface area contributed by atoms with Crippen molar-refractivity contribution in [3.8, 4) is 0 Å². The molecule has 1 aromatic heterocycles. The average Bonchev–Trinajstić information content (AvgIpc) is 2.51. The van der Waals surface area contributed by atoms with Crippen LogP contribution in [0.1, 0.15) is 11.7 Å². The van der Waals surface area contributed by atoms with Gasteiger partial charge in [-0.25, -0.2) is 0 Å². The Hall–Kier alpha value is -1.47. The van der Waals surface area contributed by atoms with Crippen LogP contribution in [0.5, 0.6) is 0 Å². The molecule has 4 N–H and O–H groups in total. The van der Waals surface area contributed by atoms with Crippen molar-refractivity contribution < 1.29 is 10.0 Å². The Balaban J connectivity index is 2.84. The zero-order valence-corrected chi connectivity index (χ0v) is 6.10. The molecule has 1 aromatic rings. The number of aliphatic hydroxyl groups is 1. The van der Waals surface area contributed by atoms with E-state index >= 15 is 0 Å². The van der Waals surface area contributed by atoms with Crippen molar-refractivity contribution in [1.82, 2.24) is 10.2 Å². The average molecular weight is 172 g/mol. The zero-order chi connectivity index (χ0) is 9.14. The van der Waals surface area contributed by atoms with E-state index in [1.165, 1.54) is 6.07 Å². The number of nitrogens with zero attached hydrogens (tertiary/aromatic N) is 2. The third kappa shape index (κ3) is 1.57. The molecule has 0 saturated carbocycles. The van der Waals surface area contributed by atoms with Gasteiger partial charge in [0.1, 0.15) is 5.69 Å². The van der Waals surface area contributed by atoms with E-state index in [-0.39, 0.29) is 18.1 Å². The largest absolute Gasteiger partial charge is 0.394 e. The summed E-state index contributed by atoms with van der Waals surface area (Å²) in [5.74, 6) is -0.228. The van der Waals surface area contributed by atoms with Crippen LogP contribution in [0.3, 0.4) is 0 Å². The van der Waals surface area contributed by atoms with E-state index < -0.39 is 11.0 Å². The van der Waals surface area contributed by atoms with Gasteiger partial charge in [-0.1, -0.05) is 5.10 Å². The second-order valence-corrected chi connectivity index (χ2v) is 2.22. The summed E-state index contributed by atoms with van der Waals surface area (Å²) >= 11 is 0. The molecule has 0 aliphatic rings. The fraction of sp³-hybridized carbons (Fsp3) is 0.400. The lowest BCUT2D eigenvalue weighted by atomic mass is 10.2. The second-order valence-electron chi connectivity index (χ2n) is 2.22. The van der Waals surface area contributed by atoms with Crippen LogP contribution in [-0.4, -0.2) is 26.8 Å². The quantitative estimate of drug-likeness (QED) is 0.412. The fourth-order valence-corrected chi connectivity index (χ4v) is 0.703. The standard InChI is InChI=1S/C5H8N4O3/c6-3(2-10)4-1-5(8-7-4)9(11)12/h1,3,10H,2,6H2,(H,7,8)/t3-/m0/s1. The minimum Gasteiger partial charge on any atom is -0.394 e. The van der Waals surface area contributed by atoms with E-state index in [1.807, 2.05) is 0 Å². The highest BCUT2D eigenvalue weighted by Gasteiger charge is 2.14. The van der Waals surface area contributed by atoms with Crippen molar-refractivity contribution in [2.75, 3.05) is 6.61 Å². The van der Waals surface area contributed by atoms with E-state index in [4.69, 9.17) is 10.8 Å². The van der Waals surface area contributed by atoms with Crippen molar-refractivity contribution in [3.05, 3.63) is 21.9 Å². The maximum Gasteiger partial charge on any atom is 0.342 e. The lowest BCUT2D eigenvalue weighted by molar-refractivity contribution is -0.389. The molecular weight excluding hydrogens is 164 g/mol. The van der Waals surface area contributed by atoms with Gasteiger partial charge in [-0.05, 0) is 4.92 Å². The topological polar surface area (TPSA) is 118 Å². The number of rotatable bonds is 3. The van der Waals surface area contributed by atoms with E-state index in [2.05, 4.69) is 10.2 Å². The van der Waals surface area contributed by atoms with Gasteiger partial charge in [-0.3, -0.25) is 0 Å². The van der Waals surface area contributed by atoms with Crippen molar-refractivity contribution in [1.29, 1.82) is 0 Å². The summed E-state index contributed by atoms with van der Waals surface area (Å²) in [6.07, 6.45) is 0. The van der Waals surface area contributed by atoms with Crippen LogP contribution in [0.25, 0.3) is 0 Å². The molecule has 0 unspecified atom stereocenters. The molecule has 0 spiro atoms. The molecule has 66 valence electrons. The molecule has 0 aromatic carbocycles. The summed E-state index contributed by atoms with van der Waals surface area (Å²) in [6, 6.07) is 0.524. The first kappa shape index (κ1) is 8.62. The molecule has 1 heterocycles. The molecule has 0 radical (unpaired) electrons. The summed E-state index contributed by atoms with van der Waals surface area (Å²) < 4.78 is 0. The summed E-state index contributed by atoms with van der Waals surface area (Å²) in [7, 11) is 0. The van der Waals surface area contributed by atoms with E-state index in [9.17, 15) is 10.1 Å². The summed E-state index contributed by atoms with van der Waals surface area (Å²) in [5, 5.41) is 24.5. The van der Waals surface area contributed by atoms with Gasteiger partial charge in [0.2, 0.25) is 0 Å². The van der Waals surface area contributed by atoms with Crippen molar-refractivity contribution in [2.45, 2.75) is 6.04 Å². The highest BCUT2D eigenvalue weighted by atomic mass is 16.6. The molecule has 1 atom stereocenters. The van der Waals surface area contributed by atoms with Crippen LogP contribution < -0.4 is 5.73 Å². The number of hydrogen-bond donors (Lipinski definition) is 3. The van der Waals surface area contributed by atoms with Crippen LogP contribution in [-0.2, 0) is 0 Å². The zero-order valence-electron chi connectivity index (χ0n) is 6.10. The summed E-state index contributed by atoms with van der Waals surface area (Å²) in [6.45, 7) is -0.290. The van der Waals surface area contributed by atoms with Gasteiger partial charge >= 0.3 is 5.82 Å². The summed E-state index contributed by atoms with van der Waals surface area (Å²) in [5.41, 5.74) is 5.63. The Bertz CT molecular complexity index is 284. The van der Waals surface area contributed by atoms with Crippen LogP contribution >= 0.6 is 0 Å². The van der Waals surface area contributed by atoms with Crippen molar-refractivity contribution in [3.63, 3.8) is 0 Å². The van der Waals surface area contributed by atoms with Gasteiger partial charge in [0.05, 0.1) is 18.7 Å². The Morgan fingerprint density at radius 2 is 2.58 bits per heavy atom. The smallest absolute Gasteiger partial charge is 0.342 e. The first-order chi connectivity index (χ1) is 5.65. The first-order valence-corrected chi connectivity index (χ1v) is 3.21. The van der Waals surface area contributed by atoms with Crippen LogP contribution in [0.4, 0.5) is 5.82 Å². The number of hydrogen-bond acceptors (Lipinski definition) is 5. The van der Waals surface area contributed by atoms with E-state index in [0.29, 0.717) is 0 Å². The SMILES string of the molecule is N[C@@H](CO)c1cc([N+](=O)[O-])[nH]n1. The van der Waals surface area contributed by atoms with Gasteiger partial charge in [0.15, 0.2) is 0 Å². The highest BCUT2D eigenvalue weighted by Crippen LogP contribution is 2.12. The molecule has 7 heteroatoms. The highest BCUT2D eigenvalue weighted by molar-refractivity contribution is 5.22. The van der Waals surface area contributed by atoms with Gasteiger partial charge in [0, 0.05) is 0 Å². The Morgan fingerprint density at radius 3 is 3.00 bits per heavy atom. The first-order valence-electron chi connectivity index (χ1n) is 3.21. The van der Waals surface area contributed by atoms with Crippen molar-refractivity contribution in [2.24, 2.45) is 5.73 Å². The minimum absolute atomic E-state index is 0.228. The maximum absolute atomic E-state index is 10.2. The minimum atomic E-state index is -0.671. The molecule has 0 bridgehead atoms. The molecule has 0 fully saturated rings. The van der Waals surface area contributed by atoms with E-state index in [1.54, 1.807) is 0 Å². The Morgan fingerprint density at radius 1 is 1.92 bits per heavy atom. The maximum atomic E-state index is 10.2. The predicted molar refractivity (Wildman–Crippen MR) is 39.3 cm³/mol. The number of nitrogens with one attached hydrogen (secondary N) is 1.